The maximum atomic E-state index is 13.5. The predicted molar refractivity (Wildman–Crippen MR) is 56.7 cm³/mol. The molecule has 2 rings (SSSR count). The van der Waals surface area contributed by atoms with Crippen LogP contribution in [0.5, 0.6) is 0 Å². The van der Waals surface area contributed by atoms with Gasteiger partial charge in [0.1, 0.15) is 12.5 Å². The van der Waals surface area contributed by atoms with E-state index < -0.39 is 5.60 Å². The molecular weight excluding hydrogens is 249 g/mol. The summed E-state index contributed by atoms with van der Waals surface area (Å²) >= 11 is 3.27. The van der Waals surface area contributed by atoms with Crippen LogP contribution in [0.25, 0.3) is 0 Å². The summed E-state index contributed by atoms with van der Waals surface area (Å²) in [6.07, 6.45) is 0. The van der Waals surface area contributed by atoms with E-state index in [0.717, 1.165) is 10.0 Å². The Bertz CT molecular complexity index is 379. The molecular formula is C10H11BrFNO. The van der Waals surface area contributed by atoms with Crippen molar-refractivity contribution < 1.29 is 9.13 Å². The molecule has 0 atom stereocenters. The number of hydrogen-bond acceptors (Lipinski definition) is 2. The molecule has 0 spiro atoms. The number of hydrogen-bond donors (Lipinski definition) is 1. The van der Waals surface area contributed by atoms with E-state index in [1.54, 1.807) is 0 Å². The van der Waals surface area contributed by atoms with E-state index in [1.807, 2.05) is 19.9 Å². The van der Waals surface area contributed by atoms with E-state index in [-0.39, 0.29) is 5.82 Å². The zero-order valence-corrected chi connectivity index (χ0v) is 9.61. The van der Waals surface area contributed by atoms with Crippen LogP contribution in [0.15, 0.2) is 16.6 Å². The molecule has 0 radical (unpaired) electrons. The molecule has 0 aromatic heterocycles. The minimum absolute atomic E-state index is 0.245. The average molecular weight is 260 g/mol. The van der Waals surface area contributed by atoms with Crippen molar-refractivity contribution in [1.82, 2.24) is 0 Å². The first-order chi connectivity index (χ1) is 6.50. The fourth-order valence-electron chi connectivity index (χ4n) is 1.59. The Morgan fingerprint density at radius 2 is 2.21 bits per heavy atom. The number of benzene rings is 1. The number of ether oxygens (including phenoxy) is 1. The van der Waals surface area contributed by atoms with Crippen molar-refractivity contribution >= 4 is 21.6 Å². The van der Waals surface area contributed by atoms with Crippen molar-refractivity contribution in [2.75, 3.05) is 12.0 Å². The van der Waals surface area contributed by atoms with Gasteiger partial charge in [0.15, 0.2) is 0 Å². The molecule has 0 saturated carbocycles. The topological polar surface area (TPSA) is 21.3 Å². The van der Waals surface area contributed by atoms with Crippen molar-refractivity contribution in [3.8, 4) is 0 Å². The van der Waals surface area contributed by atoms with Gasteiger partial charge in [-0.1, -0.05) is 15.9 Å². The zero-order chi connectivity index (χ0) is 10.3. The quantitative estimate of drug-likeness (QED) is 0.773. The molecule has 2 nitrogen and oxygen atoms in total. The Morgan fingerprint density at radius 1 is 1.50 bits per heavy atom. The lowest BCUT2D eigenvalue weighted by Crippen LogP contribution is -2.31. The summed E-state index contributed by atoms with van der Waals surface area (Å²) in [5.41, 5.74) is 0.950. The van der Waals surface area contributed by atoms with Gasteiger partial charge in [0.2, 0.25) is 0 Å². The number of nitrogens with one attached hydrogen (secondary N) is 1. The SMILES string of the molecule is CC1(C)OCNc2c(F)cc(Br)cc21. The van der Waals surface area contributed by atoms with Gasteiger partial charge in [-0.25, -0.2) is 4.39 Å². The summed E-state index contributed by atoms with van der Waals surface area (Å²) in [5.74, 6) is -0.245. The number of fused-ring (bicyclic) bond motifs is 1. The highest BCUT2D eigenvalue weighted by molar-refractivity contribution is 9.10. The molecule has 1 aromatic rings. The van der Waals surface area contributed by atoms with Gasteiger partial charge >= 0.3 is 0 Å². The maximum Gasteiger partial charge on any atom is 0.147 e. The van der Waals surface area contributed by atoms with Crippen LogP contribution in [0.3, 0.4) is 0 Å². The molecule has 0 aliphatic carbocycles. The first-order valence-electron chi connectivity index (χ1n) is 4.38. The summed E-state index contributed by atoms with van der Waals surface area (Å²) in [4.78, 5) is 0. The van der Waals surface area contributed by atoms with E-state index in [9.17, 15) is 4.39 Å². The molecule has 1 aromatic carbocycles. The summed E-state index contributed by atoms with van der Waals surface area (Å²) < 4.78 is 19.8. The lowest BCUT2D eigenvalue weighted by molar-refractivity contribution is -0.0184. The lowest BCUT2D eigenvalue weighted by Gasteiger charge is -2.33. The molecule has 1 N–H and O–H groups in total. The molecule has 4 heteroatoms. The fraction of sp³-hybridized carbons (Fsp3) is 0.400. The van der Waals surface area contributed by atoms with Crippen molar-refractivity contribution in [3.05, 3.63) is 28.0 Å². The van der Waals surface area contributed by atoms with Crippen LogP contribution < -0.4 is 5.32 Å². The van der Waals surface area contributed by atoms with Gasteiger partial charge in [-0.15, -0.1) is 0 Å². The van der Waals surface area contributed by atoms with E-state index in [0.29, 0.717) is 12.4 Å². The summed E-state index contributed by atoms with van der Waals surface area (Å²) in [6.45, 7) is 4.20. The van der Waals surface area contributed by atoms with Crippen LogP contribution in [0.1, 0.15) is 19.4 Å². The van der Waals surface area contributed by atoms with Gasteiger partial charge in [-0.2, -0.15) is 0 Å². The molecule has 1 aliphatic heterocycles. The van der Waals surface area contributed by atoms with Crippen LogP contribution in [-0.4, -0.2) is 6.73 Å². The Morgan fingerprint density at radius 3 is 2.93 bits per heavy atom. The average Bonchev–Trinajstić information content (AvgIpc) is 2.06. The minimum Gasteiger partial charge on any atom is -0.360 e. The predicted octanol–water partition coefficient (Wildman–Crippen LogP) is 3.22. The normalized spacial score (nSPS) is 18.6. The highest BCUT2D eigenvalue weighted by Crippen LogP contribution is 2.37. The van der Waals surface area contributed by atoms with Crippen molar-refractivity contribution in [1.29, 1.82) is 0 Å². The van der Waals surface area contributed by atoms with Crippen molar-refractivity contribution in [2.45, 2.75) is 19.4 Å². The third-order valence-electron chi connectivity index (χ3n) is 2.39. The van der Waals surface area contributed by atoms with Gasteiger partial charge in [-0.3, -0.25) is 0 Å². The first kappa shape index (κ1) is 9.93. The largest absolute Gasteiger partial charge is 0.360 e. The van der Waals surface area contributed by atoms with Crippen molar-refractivity contribution in [3.63, 3.8) is 0 Å². The summed E-state index contributed by atoms with van der Waals surface area (Å²) in [7, 11) is 0. The van der Waals surface area contributed by atoms with Crippen LogP contribution >= 0.6 is 15.9 Å². The van der Waals surface area contributed by atoms with Gasteiger partial charge in [-0.05, 0) is 26.0 Å². The molecule has 0 bridgehead atoms. The lowest BCUT2D eigenvalue weighted by atomic mass is 9.95. The van der Waals surface area contributed by atoms with Crippen LogP contribution in [-0.2, 0) is 10.3 Å². The number of rotatable bonds is 0. The van der Waals surface area contributed by atoms with E-state index in [2.05, 4.69) is 21.2 Å². The summed E-state index contributed by atoms with van der Waals surface area (Å²) in [5, 5.41) is 2.90. The Hall–Kier alpha value is -0.610. The zero-order valence-electron chi connectivity index (χ0n) is 8.03. The third-order valence-corrected chi connectivity index (χ3v) is 2.84. The number of halogens is 2. The van der Waals surface area contributed by atoms with Gasteiger partial charge in [0.25, 0.3) is 0 Å². The molecule has 0 saturated heterocycles. The third kappa shape index (κ3) is 1.53. The number of anilines is 1. The summed E-state index contributed by atoms with van der Waals surface area (Å²) in [6, 6.07) is 3.33. The highest BCUT2D eigenvalue weighted by atomic mass is 79.9. The molecule has 1 heterocycles. The Labute approximate surface area is 90.6 Å². The van der Waals surface area contributed by atoms with Crippen LogP contribution in [0, 0.1) is 5.82 Å². The molecule has 0 amide bonds. The van der Waals surface area contributed by atoms with Gasteiger partial charge in [0, 0.05) is 10.0 Å². The Kier molecular flexibility index (Phi) is 2.27. The highest BCUT2D eigenvalue weighted by Gasteiger charge is 2.30. The molecule has 14 heavy (non-hydrogen) atoms. The standard InChI is InChI=1S/C10H11BrFNO/c1-10(2)7-3-6(11)4-8(12)9(7)13-5-14-10/h3-4,13H,5H2,1-2H3. The van der Waals surface area contributed by atoms with Crippen molar-refractivity contribution in [2.24, 2.45) is 0 Å². The maximum absolute atomic E-state index is 13.5. The Balaban J connectivity index is 2.63. The molecule has 1 aliphatic rings. The monoisotopic (exact) mass is 259 g/mol. The minimum atomic E-state index is -0.439. The van der Waals surface area contributed by atoms with Gasteiger partial charge < -0.3 is 10.1 Å². The second kappa shape index (κ2) is 3.21. The smallest absolute Gasteiger partial charge is 0.147 e. The van der Waals surface area contributed by atoms with Crippen LogP contribution in [0.4, 0.5) is 10.1 Å². The van der Waals surface area contributed by atoms with E-state index >= 15 is 0 Å². The molecule has 0 unspecified atom stereocenters. The second-order valence-electron chi connectivity index (χ2n) is 3.79. The molecule has 76 valence electrons. The van der Waals surface area contributed by atoms with Gasteiger partial charge in [0.05, 0.1) is 11.3 Å². The van der Waals surface area contributed by atoms with E-state index in [4.69, 9.17) is 4.74 Å². The van der Waals surface area contributed by atoms with Crippen LogP contribution in [0.2, 0.25) is 0 Å². The first-order valence-corrected chi connectivity index (χ1v) is 5.17. The second-order valence-corrected chi connectivity index (χ2v) is 4.70. The molecule has 0 fully saturated rings. The fourth-order valence-corrected chi connectivity index (χ4v) is 2.02. The van der Waals surface area contributed by atoms with E-state index in [1.165, 1.54) is 6.07 Å².